The average Bonchev–Trinajstić information content (AvgIpc) is 2.97. The number of carbonyl (C=O) groups is 1. The molecule has 0 amide bonds. The molecule has 0 aliphatic heterocycles. The van der Waals surface area contributed by atoms with Gasteiger partial charge in [-0.3, -0.25) is 4.79 Å². The van der Waals surface area contributed by atoms with Crippen LogP contribution < -0.4 is 0 Å². The van der Waals surface area contributed by atoms with Gasteiger partial charge in [0.1, 0.15) is 0 Å². The summed E-state index contributed by atoms with van der Waals surface area (Å²) in [6, 6.07) is 9.63. The summed E-state index contributed by atoms with van der Waals surface area (Å²) in [6.07, 6.45) is 0. The maximum Gasteiger partial charge on any atom is 0.222 e. The van der Waals surface area contributed by atoms with E-state index in [9.17, 15) is 4.79 Å². The van der Waals surface area contributed by atoms with Crippen LogP contribution in [0.2, 0.25) is 0 Å². The van der Waals surface area contributed by atoms with E-state index in [1.807, 2.05) is 41.1 Å². The number of para-hydroxylation sites is 1. The van der Waals surface area contributed by atoms with Crippen LogP contribution in [0.1, 0.15) is 15.4 Å². The lowest BCUT2D eigenvalue weighted by molar-refractivity contribution is 0.103. The van der Waals surface area contributed by atoms with Crippen molar-refractivity contribution >= 4 is 38.7 Å². The molecule has 0 N–H and O–H groups in total. The molecule has 2 aromatic heterocycles. The Morgan fingerprint density at radius 1 is 1.19 bits per heavy atom. The van der Waals surface area contributed by atoms with Crippen LogP contribution in [-0.4, -0.2) is 10.8 Å². The molecule has 0 bridgehead atoms. The highest BCUT2D eigenvalue weighted by molar-refractivity contribution is 7.20. The standard InChI is InChI=1S/C12H7NOS2/c14-11(8-5-6-15-7-8)12-13-9-3-1-2-4-10(9)16-12/h1-7H. The van der Waals surface area contributed by atoms with Crippen LogP contribution in [-0.2, 0) is 0 Å². The largest absolute Gasteiger partial charge is 0.286 e. The first-order valence-electron chi connectivity index (χ1n) is 4.77. The molecule has 78 valence electrons. The van der Waals surface area contributed by atoms with Crippen molar-refractivity contribution in [2.24, 2.45) is 0 Å². The van der Waals surface area contributed by atoms with Crippen molar-refractivity contribution in [1.82, 2.24) is 4.98 Å². The zero-order valence-electron chi connectivity index (χ0n) is 8.21. The van der Waals surface area contributed by atoms with Gasteiger partial charge in [-0.25, -0.2) is 4.98 Å². The number of hydrogen-bond donors (Lipinski definition) is 0. The van der Waals surface area contributed by atoms with Crippen molar-refractivity contribution in [1.29, 1.82) is 0 Å². The monoisotopic (exact) mass is 245 g/mol. The molecule has 16 heavy (non-hydrogen) atoms. The van der Waals surface area contributed by atoms with Gasteiger partial charge in [-0.15, -0.1) is 11.3 Å². The summed E-state index contributed by atoms with van der Waals surface area (Å²) in [7, 11) is 0. The van der Waals surface area contributed by atoms with Gasteiger partial charge in [0, 0.05) is 10.9 Å². The highest BCUT2D eigenvalue weighted by Crippen LogP contribution is 2.24. The van der Waals surface area contributed by atoms with E-state index in [1.54, 1.807) is 0 Å². The third-order valence-electron chi connectivity index (χ3n) is 2.27. The highest BCUT2D eigenvalue weighted by Gasteiger charge is 2.14. The van der Waals surface area contributed by atoms with Gasteiger partial charge in [-0.05, 0) is 23.6 Å². The van der Waals surface area contributed by atoms with E-state index in [4.69, 9.17) is 0 Å². The lowest BCUT2D eigenvalue weighted by Gasteiger charge is -1.89. The molecule has 3 aromatic rings. The molecule has 4 heteroatoms. The molecular formula is C12H7NOS2. The number of carbonyl (C=O) groups excluding carboxylic acids is 1. The molecule has 0 fully saturated rings. The summed E-state index contributed by atoms with van der Waals surface area (Å²) in [5.74, 6) is 0.0162. The van der Waals surface area contributed by atoms with Crippen molar-refractivity contribution in [2.45, 2.75) is 0 Å². The number of benzene rings is 1. The predicted octanol–water partition coefficient (Wildman–Crippen LogP) is 3.59. The van der Waals surface area contributed by atoms with Crippen molar-refractivity contribution in [3.05, 3.63) is 51.7 Å². The third kappa shape index (κ3) is 1.56. The van der Waals surface area contributed by atoms with Crippen LogP contribution in [0, 0.1) is 0 Å². The van der Waals surface area contributed by atoms with E-state index in [2.05, 4.69) is 4.98 Å². The van der Waals surface area contributed by atoms with E-state index >= 15 is 0 Å². The van der Waals surface area contributed by atoms with Crippen LogP contribution in [0.15, 0.2) is 41.1 Å². The minimum absolute atomic E-state index is 0.0162. The number of fused-ring (bicyclic) bond motifs is 1. The highest BCUT2D eigenvalue weighted by atomic mass is 32.1. The van der Waals surface area contributed by atoms with Gasteiger partial charge in [0.25, 0.3) is 0 Å². The van der Waals surface area contributed by atoms with Crippen LogP contribution >= 0.6 is 22.7 Å². The quantitative estimate of drug-likeness (QED) is 0.646. The fourth-order valence-electron chi connectivity index (χ4n) is 1.49. The summed E-state index contributed by atoms with van der Waals surface area (Å²) < 4.78 is 1.06. The zero-order chi connectivity index (χ0) is 11.0. The number of nitrogens with zero attached hydrogens (tertiary/aromatic N) is 1. The maximum atomic E-state index is 12.0. The molecule has 1 aromatic carbocycles. The fraction of sp³-hybridized carbons (Fsp3) is 0. The zero-order valence-corrected chi connectivity index (χ0v) is 9.85. The smallest absolute Gasteiger partial charge is 0.222 e. The van der Waals surface area contributed by atoms with E-state index in [-0.39, 0.29) is 5.78 Å². The summed E-state index contributed by atoms with van der Waals surface area (Å²) in [6.45, 7) is 0. The number of hydrogen-bond acceptors (Lipinski definition) is 4. The van der Waals surface area contributed by atoms with Crippen LogP contribution in [0.25, 0.3) is 10.2 Å². The molecule has 0 saturated carbocycles. The molecule has 0 radical (unpaired) electrons. The molecule has 0 saturated heterocycles. The molecule has 0 unspecified atom stereocenters. The summed E-state index contributed by atoms with van der Waals surface area (Å²) in [5.41, 5.74) is 1.62. The second-order valence-electron chi connectivity index (χ2n) is 3.33. The lowest BCUT2D eigenvalue weighted by atomic mass is 10.2. The van der Waals surface area contributed by atoms with Crippen LogP contribution in [0.5, 0.6) is 0 Å². The first kappa shape index (κ1) is 9.69. The molecule has 3 rings (SSSR count). The minimum Gasteiger partial charge on any atom is -0.286 e. The van der Waals surface area contributed by atoms with Gasteiger partial charge in [0.05, 0.1) is 10.2 Å². The van der Waals surface area contributed by atoms with E-state index in [0.29, 0.717) is 5.01 Å². The normalized spacial score (nSPS) is 10.8. The number of rotatable bonds is 2. The van der Waals surface area contributed by atoms with Gasteiger partial charge in [0.15, 0.2) is 5.01 Å². The van der Waals surface area contributed by atoms with Crippen molar-refractivity contribution < 1.29 is 4.79 Å². The molecule has 0 aliphatic carbocycles. The first-order valence-corrected chi connectivity index (χ1v) is 6.53. The minimum atomic E-state index is 0.0162. The van der Waals surface area contributed by atoms with Gasteiger partial charge in [-0.2, -0.15) is 11.3 Å². The van der Waals surface area contributed by atoms with E-state index in [1.165, 1.54) is 22.7 Å². The summed E-state index contributed by atoms with van der Waals surface area (Å²) >= 11 is 2.97. The molecule has 0 aliphatic rings. The van der Waals surface area contributed by atoms with Crippen molar-refractivity contribution in [2.75, 3.05) is 0 Å². The third-order valence-corrected chi connectivity index (χ3v) is 3.99. The average molecular weight is 245 g/mol. The van der Waals surface area contributed by atoms with Gasteiger partial charge >= 0.3 is 0 Å². The second kappa shape index (κ2) is 3.81. The van der Waals surface area contributed by atoms with E-state index in [0.717, 1.165) is 15.8 Å². The SMILES string of the molecule is O=C(c1ccsc1)c1nc2ccccc2s1. The van der Waals surface area contributed by atoms with Crippen molar-refractivity contribution in [3.8, 4) is 0 Å². The van der Waals surface area contributed by atoms with Gasteiger partial charge in [0.2, 0.25) is 5.78 Å². The number of ketones is 1. The molecular weight excluding hydrogens is 238 g/mol. The lowest BCUT2D eigenvalue weighted by Crippen LogP contribution is -1.97. The maximum absolute atomic E-state index is 12.0. The van der Waals surface area contributed by atoms with Crippen LogP contribution in [0.3, 0.4) is 0 Å². The number of aromatic nitrogens is 1. The first-order chi connectivity index (χ1) is 7.84. The Morgan fingerprint density at radius 3 is 2.81 bits per heavy atom. The van der Waals surface area contributed by atoms with Crippen LogP contribution in [0.4, 0.5) is 0 Å². The topological polar surface area (TPSA) is 30.0 Å². The molecule has 2 nitrogen and oxygen atoms in total. The fourth-order valence-corrected chi connectivity index (χ4v) is 3.05. The Labute approximate surface area is 100 Å². The van der Waals surface area contributed by atoms with Crippen molar-refractivity contribution in [3.63, 3.8) is 0 Å². The molecule has 0 atom stereocenters. The Bertz CT molecular complexity index is 607. The Kier molecular flexibility index (Phi) is 2.31. The second-order valence-corrected chi connectivity index (χ2v) is 5.14. The van der Waals surface area contributed by atoms with E-state index < -0.39 is 0 Å². The van der Waals surface area contributed by atoms with Gasteiger partial charge in [-0.1, -0.05) is 12.1 Å². The molecule has 0 spiro atoms. The number of thiophene rings is 1. The van der Waals surface area contributed by atoms with Gasteiger partial charge < -0.3 is 0 Å². The Morgan fingerprint density at radius 2 is 2.06 bits per heavy atom. The predicted molar refractivity (Wildman–Crippen MR) is 67.4 cm³/mol. The number of thiazole rings is 1. The summed E-state index contributed by atoms with van der Waals surface area (Å²) in [5, 5.41) is 4.33. The molecule has 2 heterocycles. The Balaban J connectivity index is 2.10. The summed E-state index contributed by atoms with van der Waals surface area (Å²) in [4.78, 5) is 16.4. The Hall–Kier alpha value is -1.52.